The fourth-order valence-corrected chi connectivity index (χ4v) is 2.48. The number of aromatic nitrogens is 6. The number of pyridine rings is 1. The molecule has 10 nitrogen and oxygen atoms in total. The maximum Gasteiger partial charge on any atom is 0.318 e. The zero-order valence-corrected chi connectivity index (χ0v) is 15.7. The molecule has 142 valence electrons. The smallest absolute Gasteiger partial charge is 0.318 e. The number of urea groups is 1. The van der Waals surface area contributed by atoms with Crippen LogP contribution < -0.4 is 5.32 Å². The molecule has 1 N–H and O–H groups in total. The number of carbonyl (C=O) groups is 1. The SMILES string of the molecule is CC(NC(=O)N(C)Cc1nncn1C(C)C)c1nc(-c2ccncc2)no1. The average Bonchev–Trinajstić information content (AvgIpc) is 3.32. The molecule has 0 fully saturated rings. The first-order chi connectivity index (χ1) is 13.0. The van der Waals surface area contributed by atoms with E-state index in [0.717, 1.165) is 5.56 Å². The molecule has 2 amide bonds. The second-order valence-electron chi connectivity index (χ2n) is 6.47. The highest BCUT2D eigenvalue weighted by Crippen LogP contribution is 2.18. The molecule has 3 heterocycles. The molecular formula is C17H22N8O2. The molecule has 0 saturated carbocycles. The molecule has 0 saturated heterocycles. The molecule has 1 atom stereocenters. The van der Waals surface area contributed by atoms with Gasteiger partial charge in [-0.15, -0.1) is 10.2 Å². The van der Waals surface area contributed by atoms with Gasteiger partial charge in [0.15, 0.2) is 5.82 Å². The lowest BCUT2D eigenvalue weighted by Gasteiger charge is -2.20. The van der Waals surface area contributed by atoms with Gasteiger partial charge in [0.25, 0.3) is 0 Å². The topological polar surface area (TPSA) is 115 Å². The molecule has 3 aromatic rings. The molecular weight excluding hydrogens is 348 g/mol. The van der Waals surface area contributed by atoms with Crippen LogP contribution in [-0.4, -0.2) is 47.9 Å². The Morgan fingerprint density at radius 3 is 2.74 bits per heavy atom. The summed E-state index contributed by atoms with van der Waals surface area (Å²) in [6, 6.07) is 3.08. The molecule has 0 aliphatic heterocycles. The van der Waals surface area contributed by atoms with Gasteiger partial charge in [0.05, 0.1) is 6.54 Å². The summed E-state index contributed by atoms with van der Waals surface area (Å²) < 4.78 is 7.20. The first-order valence-electron chi connectivity index (χ1n) is 8.59. The summed E-state index contributed by atoms with van der Waals surface area (Å²) in [6.07, 6.45) is 4.97. The van der Waals surface area contributed by atoms with Crippen molar-refractivity contribution in [2.45, 2.75) is 39.4 Å². The van der Waals surface area contributed by atoms with Crippen LogP contribution in [0.2, 0.25) is 0 Å². The Bertz CT molecular complexity index is 889. The normalized spacial score (nSPS) is 12.2. The predicted octanol–water partition coefficient (Wildman–Crippen LogP) is 2.21. The quantitative estimate of drug-likeness (QED) is 0.707. The van der Waals surface area contributed by atoms with E-state index in [1.807, 2.05) is 18.4 Å². The lowest BCUT2D eigenvalue weighted by Crippen LogP contribution is -2.38. The first kappa shape index (κ1) is 18.5. The van der Waals surface area contributed by atoms with Crippen LogP contribution in [0.1, 0.15) is 44.6 Å². The van der Waals surface area contributed by atoms with Crippen LogP contribution in [0.25, 0.3) is 11.4 Å². The molecule has 0 aromatic carbocycles. The van der Waals surface area contributed by atoms with Crippen LogP contribution in [0.15, 0.2) is 35.4 Å². The molecule has 0 radical (unpaired) electrons. The lowest BCUT2D eigenvalue weighted by molar-refractivity contribution is 0.198. The Labute approximate surface area is 156 Å². The minimum atomic E-state index is -0.439. The zero-order valence-electron chi connectivity index (χ0n) is 15.7. The van der Waals surface area contributed by atoms with E-state index in [1.165, 1.54) is 4.90 Å². The Kier molecular flexibility index (Phi) is 5.43. The van der Waals surface area contributed by atoms with Gasteiger partial charge in [0.2, 0.25) is 11.7 Å². The van der Waals surface area contributed by atoms with Gasteiger partial charge in [-0.25, -0.2) is 4.79 Å². The van der Waals surface area contributed by atoms with Gasteiger partial charge in [-0.3, -0.25) is 4.98 Å². The fraction of sp³-hybridized carbons (Fsp3) is 0.412. The van der Waals surface area contributed by atoms with Crippen molar-refractivity contribution in [3.63, 3.8) is 0 Å². The van der Waals surface area contributed by atoms with E-state index in [-0.39, 0.29) is 12.1 Å². The maximum absolute atomic E-state index is 12.5. The third-order valence-corrected chi connectivity index (χ3v) is 4.02. The summed E-state index contributed by atoms with van der Waals surface area (Å²) in [5.74, 6) is 1.49. The third kappa shape index (κ3) is 4.27. The summed E-state index contributed by atoms with van der Waals surface area (Å²) in [4.78, 5) is 22.3. The summed E-state index contributed by atoms with van der Waals surface area (Å²) in [5.41, 5.74) is 0.795. The molecule has 0 spiro atoms. The van der Waals surface area contributed by atoms with Gasteiger partial charge in [0.1, 0.15) is 12.4 Å². The molecule has 3 aromatic heterocycles. The van der Waals surface area contributed by atoms with E-state index < -0.39 is 6.04 Å². The minimum absolute atomic E-state index is 0.218. The fourth-order valence-electron chi connectivity index (χ4n) is 2.48. The third-order valence-electron chi connectivity index (χ3n) is 4.02. The van der Waals surface area contributed by atoms with E-state index >= 15 is 0 Å². The van der Waals surface area contributed by atoms with Crippen LogP contribution in [0.3, 0.4) is 0 Å². The van der Waals surface area contributed by atoms with Gasteiger partial charge in [-0.1, -0.05) is 5.16 Å². The van der Waals surface area contributed by atoms with Crippen molar-refractivity contribution >= 4 is 6.03 Å². The second kappa shape index (κ2) is 7.94. The van der Waals surface area contributed by atoms with Gasteiger partial charge in [-0.05, 0) is 32.9 Å². The lowest BCUT2D eigenvalue weighted by atomic mass is 10.2. The average molecular weight is 370 g/mol. The molecule has 3 rings (SSSR count). The van der Waals surface area contributed by atoms with E-state index in [1.54, 1.807) is 44.8 Å². The van der Waals surface area contributed by atoms with Crippen molar-refractivity contribution in [3.8, 4) is 11.4 Å². The standard InChI is InChI=1S/C17H22N8O2/c1-11(2)25-10-19-22-14(25)9-24(4)17(26)20-12(3)16-21-15(23-27-16)13-5-7-18-8-6-13/h5-8,10-12H,9H2,1-4H3,(H,20,26). The molecule has 1 unspecified atom stereocenters. The molecule has 0 aliphatic rings. The highest BCUT2D eigenvalue weighted by Gasteiger charge is 2.20. The molecule has 0 aliphatic carbocycles. The van der Waals surface area contributed by atoms with Crippen molar-refractivity contribution in [2.75, 3.05) is 7.05 Å². The van der Waals surface area contributed by atoms with E-state index in [9.17, 15) is 4.79 Å². The number of nitrogens with zero attached hydrogens (tertiary/aromatic N) is 7. The summed E-state index contributed by atoms with van der Waals surface area (Å²) in [6.45, 7) is 6.19. The predicted molar refractivity (Wildman–Crippen MR) is 96.3 cm³/mol. The minimum Gasteiger partial charge on any atom is -0.337 e. The molecule has 10 heteroatoms. The number of nitrogens with one attached hydrogen (secondary N) is 1. The number of amides is 2. The number of carbonyl (C=O) groups excluding carboxylic acids is 1. The van der Waals surface area contributed by atoms with Gasteiger partial charge >= 0.3 is 6.03 Å². The maximum atomic E-state index is 12.5. The van der Waals surface area contributed by atoms with Crippen molar-refractivity contribution < 1.29 is 9.32 Å². The van der Waals surface area contributed by atoms with E-state index in [2.05, 4.69) is 30.6 Å². The van der Waals surface area contributed by atoms with Crippen molar-refractivity contribution in [1.29, 1.82) is 0 Å². The van der Waals surface area contributed by atoms with Crippen molar-refractivity contribution in [3.05, 3.63) is 42.6 Å². The van der Waals surface area contributed by atoms with Crippen molar-refractivity contribution in [1.82, 2.24) is 40.1 Å². The Morgan fingerprint density at radius 1 is 1.30 bits per heavy atom. The largest absolute Gasteiger partial charge is 0.337 e. The van der Waals surface area contributed by atoms with Crippen LogP contribution >= 0.6 is 0 Å². The van der Waals surface area contributed by atoms with Crippen molar-refractivity contribution in [2.24, 2.45) is 0 Å². The summed E-state index contributed by atoms with van der Waals surface area (Å²) >= 11 is 0. The number of hydrogen-bond donors (Lipinski definition) is 1. The highest BCUT2D eigenvalue weighted by molar-refractivity contribution is 5.74. The van der Waals surface area contributed by atoms with E-state index in [0.29, 0.717) is 24.1 Å². The second-order valence-corrected chi connectivity index (χ2v) is 6.47. The van der Waals surface area contributed by atoms with Crippen LogP contribution in [0, 0.1) is 0 Å². The highest BCUT2D eigenvalue weighted by atomic mass is 16.5. The van der Waals surface area contributed by atoms with E-state index in [4.69, 9.17) is 4.52 Å². The van der Waals surface area contributed by atoms with Crippen LogP contribution in [0.5, 0.6) is 0 Å². The van der Waals surface area contributed by atoms with Crippen LogP contribution in [-0.2, 0) is 6.54 Å². The zero-order chi connectivity index (χ0) is 19.4. The Hall–Kier alpha value is -3.30. The monoisotopic (exact) mass is 370 g/mol. The molecule has 0 bridgehead atoms. The van der Waals surface area contributed by atoms with Crippen LogP contribution in [0.4, 0.5) is 4.79 Å². The van der Waals surface area contributed by atoms with Gasteiger partial charge in [-0.2, -0.15) is 4.98 Å². The summed E-state index contributed by atoms with van der Waals surface area (Å²) in [7, 11) is 1.69. The number of hydrogen-bond acceptors (Lipinski definition) is 7. The first-order valence-corrected chi connectivity index (χ1v) is 8.59. The van der Waals surface area contributed by atoms with Gasteiger partial charge < -0.3 is 19.3 Å². The number of rotatable bonds is 6. The van der Waals surface area contributed by atoms with Gasteiger partial charge in [0, 0.05) is 31.0 Å². The molecule has 27 heavy (non-hydrogen) atoms. The Morgan fingerprint density at radius 2 is 2.04 bits per heavy atom. The Balaban J connectivity index is 1.62. The summed E-state index contributed by atoms with van der Waals surface area (Å²) in [5, 5.41) is 14.8.